The van der Waals surface area contributed by atoms with Gasteiger partial charge in [-0.25, -0.2) is 0 Å². The van der Waals surface area contributed by atoms with Gasteiger partial charge in [0.15, 0.2) is 5.72 Å². The molecule has 0 bridgehead atoms. The third kappa shape index (κ3) is 5.32. The van der Waals surface area contributed by atoms with Gasteiger partial charge in [-0.1, -0.05) is 57.9 Å². The standard InChI is InChI=1S/C27H26BrClN2O5/c1-19-14-22(28)6-11-25(19)27(21-4-7-23(29)8-5-21,36-17-26(16-32)12-13-26)30(18-33)15-20-2-9-24(10-3-20)31(34)35/h2-11,14,18,32H,12-13,15-17H2,1H3. The van der Waals surface area contributed by atoms with E-state index < -0.39 is 10.6 Å². The van der Waals surface area contributed by atoms with E-state index in [1.54, 1.807) is 29.2 Å². The Balaban J connectivity index is 1.87. The van der Waals surface area contributed by atoms with E-state index in [0.717, 1.165) is 34.9 Å². The molecule has 0 aliphatic heterocycles. The average Bonchev–Trinajstić information content (AvgIpc) is 3.66. The first-order valence-corrected chi connectivity index (χ1v) is 12.6. The van der Waals surface area contributed by atoms with Crippen LogP contribution in [0.1, 0.15) is 35.1 Å². The summed E-state index contributed by atoms with van der Waals surface area (Å²) < 4.78 is 7.62. The Morgan fingerprint density at radius 3 is 2.36 bits per heavy atom. The largest absolute Gasteiger partial charge is 0.396 e. The number of non-ortho nitro benzene ring substituents is 1. The number of carbonyl (C=O) groups excluding carboxylic acids is 1. The minimum atomic E-state index is -1.34. The molecule has 1 atom stereocenters. The molecule has 0 aromatic heterocycles. The summed E-state index contributed by atoms with van der Waals surface area (Å²) in [5, 5.41) is 21.6. The van der Waals surface area contributed by atoms with Crippen LogP contribution in [0, 0.1) is 22.5 Å². The summed E-state index contributed by atoms with van der Waals surface area (Å²) in [6.07, 6.45) is 2.40. The molecule has 1 aliphatic carbocycles. The topological polar surface area (TPSA) is 92.9 Å². The van der Waals surface area contributed by atoms with Crippen LogP contribution in [0.5, 0.6) is 0 Å². The second-order valence-electron chi connectivity index (χ2n) is 9.21. The number of nitrogens with zero attached hydrogens (tertiary/aromatic N) is 2. The zero-order valence-corrected chi connectivity index (χ0v) is 22.0. The minimum absolute atomic E-state index is 0.00748. The predicted molar refractivity (Wildman–Crippen MR) is 141 cm³/mol. The summed E-state index contributed by atoms with van der Waals surface area (Å²) in [6.45, 7) is 2.31. The summed E-state index contributed by atoms with van der Waals surface area (Å²) in [5.41, 5.74) is 1.33. The van der Waals surface area contributed by atoms with Crippen LogP contribution < -0.4 is 0 Å². The van der Waals surface area contributed by atoms with E-state index in [-0.39, 0.29) is 30.9 Å². The molecule has 1 unspecified atom stereocenters. The van der Waals surface area contributed by atoms with E-state index >= 15 is 0 Å². The number of hydrogen-bond donors (Lipinski definition) is 1. The Bertz CT molecular complexity index is 1250. The van der Waals surface area contributed by atoms with Gasteiger partial charge in [0.1, 0.15) is 0 Å². The molecule has 0 heterocycles. The first-order valence-electron chi connectivity index (χ1n) is 11.5. The molecule has 1 aliphatic rings. The van der Waals surface area contributed by atoms with Gasteiger partial charge in [0, 0.05) is 44.7 Å². The van der Waals surface area contributed by atoms with Crippen molar-refractivity contribution < 1.29 is 19.6 Å². The average molecular weight is 574 g/mol. The molecule has 188 valence electrons. The van der Waals surface area contributed by atoms with Gasteiger partial charge in [-0.3, -0.25) is 14.9 Å². The van der Waals surface area contributed by atoms with Gasteiger partial charge in [-0.15, -0.1) is 0 Å². The Morgan fingerprint density at radius 2 is 1.83 bits per heavy atom. The van der Waals surface area contributed by atoms with E-state index in [0.29, 0.717) is 16.1 Å². The number of rotatable bonds is 11. The zero-order valence-electron chi connectivity index (χ0n) is 19.7. The van der Waals surface area contributed by atoms with Gasteiger partial charge < -0.3 is 14.7 Å². The van der Waals surface area contributed by atoms with Crippen LogP contribution in [0.2, 0.25) is 5.02 Å². The van der Waals surface area contributed by atoms with Crippen LogP contribution in [0.4, 0.5) is 5.69 Å². The lowest BCUT2D eigenvalue weighted by atomic mass is 9.88. The molecule has 36 heavy (non-hydrogen) atoms. The van der Waals surface area contributed by atoms with E-state index in [1.807, 2.05) is 37.3 Å². The van der Waals surface area contributed by atoms with Gasteiger partial charge in [-0.05, 0) is 55.2 Å². The third-order valence-corrected chi connectivity index (χ3v) is 7.45. The molecule has 3 aromatic carbocycles. The zero-order chi connectivity index (χ0) is 25.9. The van der Waals surface area contributed by atoms with Gasteiger partial charge in [0.25, 0.3) is 5.69 Å². The van der Waals surface area contributed by atoms with E-state index in [4.69, 9.17) is 16.3 Å². The predicted octanol–water partition coefficient (Wildman–Crippen LogP) is 5.97. The highest BCUT2D eigenvalue weighted by Gasteiger charge is 2.48. The summed E-state index contributed by atoms with van der Waals surface area (Å²) in [5.74, 6) is 0. The quantitative estimate of drug-likeness (QED) is 0.132. The smallest absolute Gasteiger partial charge is 0.269 e. The maximum Gasteiger partial charge on any atom is 0.269 e. The number of carbonyl (C=O) groups is 1. The van der Waals surface area contributed by atoms with Crippen molar-refractivity contribution in [2.24, 2.45) is 5.41 Å². The number of aliphatic hydroxyl groups is 1. The maximum atomic E-state index is 12.8. The molecule has 7 nitrogen and oxygen atoms in total. The monoisotopic (exact) mass is 572 g/mol. The van der Waals surface area contributed by atoms with Crippen molar-refractivity contribution in [3.63, 3.8) is 0 Å². The molecule has 0 spiro atoms. The summed E-state index contributed by atoms with van der Waals surface area (Å²) in [4.78, 5) is 25.0. The molecule has 9 heteroatoms. The van der Waals surface area contributed by atoms with Crippen molar-refractivity contribution in [2.75, 3.05) is 13.2 Å². The maximum absolute atomic E-state index is 12.8. The number of hydrogen-bond acceptors (Lipinski definition) is 5. The molecule has 1 N–H and O–H groups in total. The van der Waals surface area contributed by atoms with Gasteiger partial charge >= 0.3 is 0 Å². The van der Waals surface area contributed by atoms with Crippen LogP contribution >= 0.6 is 27.5 Å². The molecular formula is C27H26BrClN2O5. The molecule has 1 fully saturated rings. The number of aliphatic hydroxyl groups excluding tert-OH is 1. The van der Waals surface area contributed by atoms with Crippen molar-refractivity contribution in [1.29, 1.82) is 0 Å². The minimum Gasteiger partial charge on any atom is -0.396 e. The number of nitro benzene ring substituents is 1. The van der Waals surface area contributed by atoms with Crippen molar-refractivity contribution >= 4 is 39.6 Å². The van der Waals surface area contributed by atoms with Crippen LogP contribution in [0.15, 0.2) is 71.2 Å². The summed E-state index contributed by atoms with van der Waals surface area (Å²) in [7, 11) is 0. The first kappa shape index (κ1) is 26.3. The molecule has 0 saturated heterocycles. The molecule has 0 radical (unpaired) electrons. The molecule has 4 rings (SSSR count). The lowest BCUT2D eigenvalue weighted by Crippen LogP contribution is -2.49. The Morgan fingerprint density at radius 1 is 1.17 bits per heavy atom. The number of benzene rings is 3. The number of nitro groups is 1. The van der Waals surface area contributed by atoms with Crippen LogP contribution in [-0.2, 0) is 21.8 Å². The van der Waals surface area contributed by atoms with Gasteiger partial charge in [-0.2, -0.15) is 0 Å². The fourth-order valence-corrected chi connectivity index (χ4v) is 4.93. The van der Waals surface area contributed by atoms with Gasteiger partial charge in [0.05, 0.1) is 18.1 Å². The normalized spacial score (nSPS) is 15.7. The van der Waals surface area contributed by atoms with Crippen LogP contribution in [-0.4, -0.2) is 34.6 Å². The highest BCUT2D eigenvalue weighted by molar-refractivity contribution is 9.10. The highest BCUT2D eigenvalue weighted by atomic mass is 79.9. The van der Waals surface area contributed by atoms with Crippen molar-refractivity contribution in [3.8, 4) is 0 Å². The third-order valence-electron chi connectivity index (χ3n) is 6.70. The van der Waals surface area contributed by atoms with Gasteiger partial charge in [0.2, 0.25) is 6.41 Å². The fourth-order valence-electron chi connectivity index (χ4n) is 4.33. The second-order valence-corrected chi connectivity index (χ2v) is 10.6. The fraction of sp³-hybridized carbons (Fsp3) is 0.296. The summed E-state index contributed by atoms with van der Waals surface area (Å²) >= 11 is 9.72. The Kier molecular flexibility index (Phi) is 7.80. The molecule has 1 amide bonds. The molecule has 1 saturated carbocycles. The number of halogens is 2. The van der Waals surface area contributed by atoms with E-state index in [2.05, 4.69) is 15.9 Å². The van der Waals surface area contributed by atoms with E-state index in [9.17, 15) is 20.0 Å². The Hall–Kier alpha value is -2.78. The highest BCUT2D eigenvalue weighted by Crippen LogP contribution is 2.49. The summed E-state index contributed by atoms with van der Waals surface area (Å²) in [6, 6.07) is 19.0. The number of aryl methyl sites for hydroxylation is 1. The number of ether oxygens (including phenoxy) is 1. The van der Waals surface area contributed by atoms with Crippen LogP contribution in [0.25, 0.3) is 0 Å². The molecular weight excluding hydrogens is 548 g/mol. The SMILES string of the molecule is Cc1cc(Br)ccc1C(OCC1(CO)CC1)(c1ccc(Cl)cc1)N(C=O)Cc1ccc([N+](=O)[O-])cc1. The van der Waals surface area contributed by atoms with Crippen molar-refractivity contribution in [1.82, 2.24) is 4.90 Å². The number of amides is 1. The lowest BCUT2D eigenvalue weighted by Gasteiger charge is -2.44. The second kappa shape index (κ2) is 10.7. The van der Waals surface area contributed by atoms with Crippen molar-refractivity contribution in [2.45, 2.75) is 32.0 Å². The van der Waals surface area contributed by atoms with Crippen molar-refractivity contribution in [3.05, 3.63) is 109 Å². The van der Waals surface area contributed by atoms with Crippen LogP contribution in [0.3, 0.4) is 0 Å². The lowest BCUT2D eigenvalue weighted by molar-refractivity contribution is -0.384. The first-order chi connectivity index (χ1) is 17.2. The van der Waals surface area contributed by atoms with E-state index in [1.165, 1.54) is 12.1 Å². The molecule has 3 aromatic rings. The Labute approximate surface area is 222 Å².